The minimum absolute atomic E-state index is 0.331. The van der Waals surface area contributed by atoms with Crippen molar-refractivity contribution in [2.75, 3.05) is 19.7 Å². The molecule has 0 radical (unpaired) electrons. The Hall–Kier alpha value is -2.05. The zero-order valence-electron chi connectivity index (χ0n) is 15.8. The predicted molar refractivity (Wildman–Crippen MR) is 98.8 cm³/mol. The van der Waals surface area contributed by atoms with Crippen LogP contribution < -0.4 is 22.3 Å². The van der Waals surface area contributed by atoms with Crippen LogP contribution in [0.5, 0.6) is 0 Å². The highest BCUT2D eigenvalue weighted by molar-refractivity contribution is 5.93. The van der Waals surface area contributed by atoms with Crippen LogP contribution in [0.2, 0.25) is 0 Å². The molecule has 4 atom stereocenters. The van der Waals surface area contributed by atoms with Crippen molar-refractivity contribution < 1.29 is 24.9 Å². The molecule has 1 aromatic heterocycles. The molecule has 0 unspecified atom stereocenters. The highest BCUT2D eigenvalue weighted by Gasteiger charge is 2.53. The number of unbranched alkanes of at least 4 members (excludes halogenated alkanes) is 3. The van der Waals surface area contributed by atoms with Crippen LogP contribution in [0.1, 0.15) is 49.2 Å². The number of H-pyrrole nitrogens is 1. The Kier molecular flexibility index (Phi) is 7.49. The molecule has 2 rings (SSSR count). The minimum Gasteiger partial charge on any atom is -0.394 e. The van der Waals surface area contributed by atoms with Crippen molar-refractivity contribution in [3.63, 3.8) is 0 Å². The number of amides is 1. The summed E-state index contributed by atoms with van der Waals surface area (Å²) >= 11 is 0. The van der Waals surface area contributed by atoms with E-state index in [1.807, 2.05) is 4.98 Å². The molecule has 158 valence electrons. The van der Waals surface area contributed by atoms with Crippen LogP contribution in [-0.4, -0.2) is 68.3 Å². The quantitative estimate of drug-likeness (QED) is 0.252. The van der Waals surface area contributed by atoms with Gasteiger partial charge in [0.2, 0.25) is 0 Å². The number of nitrogens with two attached hydrogens (primary N) is 1. The van der Waals surface area contributed by atoms with E-state index >= 15 is 0 Å². The molecule has 1 aliphatic rings. The molecule has 0 aromatic carbocycles. The van der Waals surface area contributed by atoms with E-state index in [2.05, 4.69) is 5.32 Å². The monoisotopic (exact) mass is 400 g/mol. The summed E-state index contributed by atoms with van der Waals surface area (Å²) < 4.78 is 6.19. The van der Waals surface area contributed by atoms with E-state index in [1.165, 1.54) is 6.92 Å². The fourth-order valence-electron chi connectivity index (χ4n) is 3.13. The van der Waals surface area contributed by atoms with Gasteiger partial charge in [-0.1, -0.05) is 12.8 Å². The molecule has 0 saturated carbocycles. The summed E-state index contributed by atoms with van der Waals surface area (Å²) in [5.74, 6) is -0.675. The summed E-state index contributed by atoms with van der Waals surface area (Å²) in [5.41, 5.74) is 1.37. The molecule has 28 heavy (non-hydrogen) atoms. The molecule has 7 N–H and O–H groups in total. The molecule has 2 heterocycles. The molecule has 1 aliphatic heterocycles. The molecular formula is C17H28N4O7. The molecule has 1 amide bonds. The van der Waals surface area contributed by atoms with E-state index in [-0.39, 0.29) is 5.56 Å². The second-order valence-corrected chi connectivity index (χ2v) is 7.05. The summed E-state index contributed by atoms with van der Waals surface area (Å²) in [6.45, 7) is 1.62. The van der Waals surface area contributed by atoms with Crippen molar-refractivity contribution in [1.29, 1.82) is 0 Å². The summed E-state index contributed by atoms with van der Waals surface area (Å²) in [4.78, 5) is 38.5. The third kappa shape index (κ3) is 4.67. The van der Waals surface area contributed by atoms with Gasteiger partial charge in [0, 0.05) is 12.7 Å². The van der Waals surface area contributed by atoms with Gasteiger partial charge < -0.3 is 31.1 Å². The van der Waals surface area contributed by atoms with Crippen LogP contribution in [0, 0.1) is 0 Å². The summed E-state index contributed by atoms with van der Waals surface area (Å²) in [5, 5.41) is 32.4. The van der Waals surface area contributed by atoms with E-state index in [1.54, 1.807) is 0 Å². The van der Waals surface area contributed by atoms with Gasteiger partial charge in [0.15, 0.2) is 6.23 Å². The first-order valence-electron chi connectivity index (χ1n) is 9.24. The Bertz CT molecular complexity index is 788. The van der Waals surface area contributed by atoms with E-state index in [0.717, 1.165) is 30.0 Å². The number of aliphatic hydroxyl groups excluding tert-OH is 2. The van der Waals surface area contributed by atoms with Crippen molar-refractivity contribution in [3.8, 4) is 0 Å². The third-order valence-corrected chi connectivity index (χ3v) is 4.82. The van der Waals surface area contributed by atoms with Gasteiger partial charge in [-0.3, -0.25) is 19.1 Å². The maximum absolute atomic E-state index is 12.3. The maximum atomic E-state index is 12.3. The number of aromatic amines is 1. The number of nitrogens with one attached hydrogen (secondary N) is 2. The largest absolute Gasteiger partial charge is 0.394 e. The highest BCUT2D eigenvalue weighted by atomic mass is 16.6. The van der Waals surface area contributed by atoms with Crippen LogP contribution >= 0.6 is 0 Å². The number of aromatic nitrogens is 2. The summed E-state index contributed by atoms with van der Waals surface area (Å²) in [6.07, 6.45) is 0.446. The van der Waals surface area contributed by atoms with E-state index < -0.39 is 47.8 Å². The lowest BCUT2D eigenvalue weighted by Gasteiger charge is -2.27. The number of carbonyl (C=O) groups excluding carboxylic acids is 1. The van der Waals surface area contributed by atoms with E-state index in [9.17, 15) is 29.7 Å². The topological polar surface area (TPSA) is 180 Å². The number of nitrogens with zero attached hydrogens (tertiary/aromatic N) is 1. The molecule has 1 aromatic rings. The van der Waals surface area contributed by atoms with Gasteiger partial charge in [-0.15, -0.1) is 0 Å². The number of hydrogen-bond donors (Lipinski definition) is 6. The molecule has 0 bridgehead atoms. The van der Waals surface area contributed by atoms with E-state index in [4.69, 9.17) is 10.5 Å². The van der Waals surface area contributed by atoms with Gasteiger partial charge in [-0.2, -0.15) is 0 Å². The number of carbonyl (C=O) groups is 1. The molecule has 11 heteroatoms. The zero-order chi connectivity index (χ0) is 20.9. The van der Waals surface area contributed by atoms with Gasteiger partial charge in [0.1, 0.15) is 23.4 Å². The average Bonchev–Trinajstić information content (AvgIpc) is 2.87. The molecule has 0 aliphatic carbocycles. The van der Waals surface area contributed by atoms with E-state index in [0.29, 0.717) is 19.5 Å². The summed E-state index contributed by atoms with van der Waals surface area (Å²) in [7, 11) is 0. The standard InChI is InChI=1S/C17H28N4O7/c1-17(27)12(23)11(9-22)28-15(17)21-8-10(14(25)20-16(21)26)13(24)19-7-5-3-2-4-6-18/h8,11-12,15,22-23,27H,2-7,9,18H2,1H3,(H,19,24)(H,20,25,26)/t11-,12-,15-,17-/m1/s1. The predicted octanol–water partition coefficient (Wildman–Crippen LogP) is -2.21. The van der Waals surface area contributed by atoms with Gasteiger partial charge in [0.25, 0.3) is 11.5 Å². The van der Waals surface area contributed by atoms with Crippen LogP contribution in [0.15, 0.2) is 15.8 Å². The Morgan fingerprint density at radius 3 is 2.64 bits per heavy atom. The van der Waals surface area contributed by atoms with Crippen molar-refractivity contribution in [3.05, 3.63) is 32.6 Å². The Morgan fingerprint density at radius 2 is 2.04 bits per heavy atom. The smallest absolute Gasteiger partial charge is 0.330 e. The first kappa shape index (κ1) is 22.2. The van der Waals surface area contributed by atoms with Gasteiger partial charge >= 0.3 is 5.69 Å². The number of ether oxygens (including phenoxy) is 1. The normalized spacial score (nSPS) is 27.1. The zero-order valence-corrected chi connectivity index (χ0v) is 15.8. The van der Waals surface area contributed by atoms with Crippen LogP contribution in [0.4, 0.5) is 0 Å². The lowest BCUT2D eigenvalue weighted by Crippen LogP contribution is -2.47. The second-order valence-electron chi connectivity index (χ2n) is 7.05. The highest BCUT2D eigenvalue weighted by Crippen LogP contribution is 2.37. The number of aliphatic hydroxyl groups is 3. The average molecular weight is 400 g/mol. The fraction of sp³-hybridized carbons (Fsp3) is 0.706. The summed E-state index contributed by atoms with van der Waals surface area (Å²) in [6, 6.07) is 0. The van der Waals surface area contributed by atoms with Crippen LogP contribution in [0.3, 0.4) is 0 Å². The van der Waals surface area contributed by atoms with Crippen LogP contribution in [0.25, 0.3) is 0 Å². The van der Waals surface area contributed by atoms with Gasteiger partial charge in [-0.05, 0) is 26.3 Å². The Morgan fingerprint density at radius 1 is 1.36 bits per heavy atom. The van der Waals surface area contributed by atoms with Crippen molar-refractivity contribution in [2.24, 2.45) is 5.73 Å². The molecule has 1 saturated heterocycles. The van der Waals surface area contributed by atoms with Gasteiger partial charge in [0.05, 0.1) is 6.61 Å². The Balaban J connectivity index is 2.17. The first-order chi connectivity index (χ1) is 13.2. The third-order valence-electron chi connectivity index (χ3n) is 4.82. The number of hydrogen-bond acceptors (Lipinski definition) is 8. The SMILES string of the molecule is C[C@@]1(O)[C@H](O)[C@@H](CO)O[C@H]1n1cc(C(=O)NCCCCCCN)c(=O)[nH]c1=O. The molecule has 1 fully saturated rings. The maximum Gasteiger partial charge on any atom is 0.330 e. The van der Waals surface area contributed by atoms with Crippen LogP contribution in [-0.2, 0) is 4.74 Å². The minimum atomic E-state index is -1.92. The number of rotatable bonds is 9. The molecule has 11 nitrogen and oxygen atoms in total. The van der Waals surface area contributed by atoms with Crippen molar-refractivity contribution in [1.82, 2.24) is 14.9 Å². The Labute approximate surface area is 161 Å². The first-order valence-corrected chi connectivity index (χ1v) is 9.24. The molecular weight excluding hydrogens is 372 g/mol. The van der Waals surface area contributed by atoms with Crippen molar-refractivity contribution in [2.45, 2.75) is 56.6 Å². The van der Waals surface area contributed by atoms with Crippen molar-refractivity contribution >= 4 is 5.91 Å². The lowest BCUT2D eigenvalue weighted by molar-refractivity contribution is -0.0988. The fourth-order valence-corrected chi connectivity index (χ4v) is 3.13. The lowest BCUT2D eigenvalue weighted by atomic mass is 9.96. The second kappa shape index (κ2) is 9.43. The van der Waals surface area contributed by atoms with Gasteiger partial charge in [-0.25, -0.2) is 4.79 Å². The molecule has 0 spiro atoms.